The largest absolute Gasteiger partial charge is 0.462 e. The van der Waals surface area contributed by atoms with Crippen molar-refractivity contribution in [3.05, 3.63) is 12.2 Å². The van der Waals surface area contributed by atoms with Gasteiger partial charge in [-0.1, -0.05) is 32.9 Å². The van der Waals surface area contributed by atoms with E-state index in [1.165, 1.54) is 6.92 Å². The summed E-state index contributed by atoms with van der Waals surface area (Å²) in [6.45, 7) is 13.5. The van der Waals surface area contributed by atoms with E-state index < -0.39 is 0 Å². The van der Waals surface area contributed by atoms with Gasteiger partial charge >= 0.3 is 5.97 Å². The molecule has 0 amide bonds. The molecule has 0 aromatic rings. The van der Waals surface area contributed by atoms with E-state index in [1.54, 1.807) is 0 Å². The first-order valence-corrected chi connectivity index (χ1v) is 9.97. The summed E-state index contributed by atoms with van der Waals surface area (Å²) in [5, 5.41) is 0. The predicted octanol–water partition coefficient (Wildman–Crippen LogP) is 4.90. The number of ketones is 2. The van der Waals surface area contributed by atoms with E-state index in [4.69, 9.17) is 4.74 Å². The Morgan fingerprint density at radius 1 is 1.04 bits per heavy atom. The van der Waals surface area contributed by atoms with E-state index in [9.17, 15) is 14.4 Å². The first kappa shape index (κ1) is 22.6. The van der Waals surface area contributed by atoms with Gasteiger partial charge in [-0.2, -0.15) is 0 Å². The molecule has 1 aliphatic rings. The molecular weight excluding hydrogens is 328 g/mol. The Bertz CT molecular complexity index is 522. The quantitative estimate of drug-likeness (QED) is 0.516. The normalized spacial score (nSPS) is 32.6. The number of allylic oxidation sites excluding steroid dienone is 1. The highest BCUT2D eigenvalue weighted by molar-refractivity contribution is 5.81. The second-order valence-corrected chi connectivity index (χ2v) is 8.44. The second-order valence-electron chi connectivity index (χ2n) is 8.44. The maximum atomic E-state index is 12.4. The Morgan fingerprint density at radius 2 is 1.69 bits per heavy atom. The molecule has 4 heteroatoms. The molecule has 0 saturated heterocycles. The van der Waals surface area contributed by atoms with Gasteiger partial charge in [-0.25, -0.2) is 0 Å². The summed E-state index contributed by atoms with van der Waals surface area (Å²) in [7, 11) is 0. The van der Waals surface area contributed by atoms with Crippen molar-refractivity contribution in [3.63, 3.8) is 0 Å². The Kier molecular flexibility index (Phi) is 9.24. The van der Waals surface area contributed by atoms with Gasteiger partial charge < -0.3 is 4.74 Å². The smallest absolute Gasteiger partial charge is 0.302 e. The fourth-order valence-corrected chi connectivity index (χ4v) is 3.77. The maximum absolute atomic E-state index is 12.4. The lowest BCUT2D eigenvalue weighted by molar-refractivity contribution is -0.150. The SMILES string of the molecule is C=C(C)[C@@H]1CC[C@@H](C)C(=O)CC[C@H](C)CC(=O)C[C@@H](C)[C@H](OC(C)=O)C1. The molecule has 0 heterocycles. The van der Waals surface area contributed by atoms with Gasteiger partial charge in [0.05, 0.1) is 0 Å². The van der Waals surface area contributed by atoms with Crippen molar-refractivity contribution in [2.45, 2.75) is 85.7 Å². The molecular formula is C22H36O4. The van der Waals surface area contributed by atoms with E-state index in [1.807, 2.05) is 27.7 Å². The van der Waals surface area contributed by atoms with Crippen LogP contribution in [-0.2, 0) is 19.1 Å². The van der Waals surface area contributed by atoms with E-state index >= 15 is 0 Å². The van der Waals surface area contributed by atoms with Crippen LogP contribution in [0, 0.1) is 23.7 Å². The van der Waals surface area contributed by atoms with Crippen LogP contribution in [0.2, 0.25) is 0 Å². The molecule has 0 aliphatic heterocycles. The average Bonchev–Trinajstić information content (AvgIpc) is 2.53. The minimum Gasteiger partial charge on any atom is -0.462 e. The molecule has 1 aliphatic carbocycles. The van der Waals surface area contributed by atoms with Crippen molar-refractivity contribution < 1.29 is 19.1 Å². The Hall–Kier alpha value is -1.45. The number of hydrogen-bond donors (Lipinski definition) is 0. The van der Waals surface area contributed by atoms with Crippen molar-refractivity contribution in [2.75, 3.05) is 0 Å². The molecule has 1 fully saturated rings. The summed E-state index contributed by atoms with van der Waals surface area (Å²) >= 11 is 0. The van der Waals surface area contributed by atoms with Gasteiger partial charge in [-0.05, 0) is 44.4 Å². The molecule has 0 N–H and O–H groups in total. The molecule has 1 rings (SSSR count). The zero-order chi connectivity index (χ0) is 19.9. The van der Waals surface area contributed by atoms with E-state index in [0.29, 0.717) is 25.7 Å². The van der Waals surface area contributed by atoms with Gasteiger partial charge in [-0.15, -0.1) is 0 Å². The fourth-order valence-electron chi connectivity index (χ4n) is 3.77. The Labute approximate surface area is 158 Å². The molecule has 26 heavy (non-hydrogen) atoms. The number of ether oxygens (including phenoxy) is 1. The number of rotatable bonds is 2. The van der Waals surface area contributed by atoms with Crippen LogP contribution in [0.5, 0.6) is 0 Å². The molecule has 0 bridgehead atoms. The van der Waals surface area contributed by atoms with Gasteiger partial charge in [0.1, 0.15) is 17.7 Å². The standard InChI is InChI=1S/C22H36O4/c1-14(2)19-9-8-16(4)21(25)10-7-15(3)11-20(24)12-17(5)22(13-19)26-18(6)23/h15-17,19,22H,1,7-13H2,2-6H3/t15-,16+,17+,19+,22+/m0/s1. The molecule has 0 aromatic heterocycles. The number of carbonyl (C=O) groups is 3. The summed E-state index contributed by atoms with van der Waals surface area (Å²) < 4.78 is 5.57. The van der Waals surface area contributed by atoms with Gasteiger partial charge in [0.15, 0.2) is 0 Å². The van der Waals surface area contributed by atoms with Crippen molar-refractivity contribution in [2.24, 2.45) is 23.7 Å². The summed E-state index contributed by atoms with van der Waals surface area (Å²) in [6, 6.07) is 0. The highest BCUT2D eigenvalue weighted by Gasteiger charge is 2.28. The number of esters is 1. The van der Waals surface area contributed by atoms with Crippen molar-refractivity contribution in [1.29, 1.82) is 0 Å². The van der Waals surface area contributed by atoms with Crippen LogP contribution in [0.3, 0.4) is 0 Å². The maximum Gasteiger partial charge on any atom is 0.302 e. The molecule has 0 unspecified atom stereocenters. The third kappa shape index (κ3) is 7.84. The molecule has 0 aromatic carbocycles. The first-order valence-electron chi connectivity index (χ1n) is 9.97. The molecule has 5 atom stereocenters. The van der Waals surface area contributed by atoms with Crippen LogP contribution in [0.25, 0.3) is 0 Å². The first-order chi connectivity index (χ1) is 12.1. The van der Waals surface area contributed by atoms with Gasteiger partial charge in [0, 0.05) is 38.0 Å². The lowest BCUT2D eigenvalue weighted by atomic mass is 9.81. The van der Waals surface area contributed by atoms with Gasteiger partial charge in [0.25, 0.3) is 0 Å². The van der Waals surface area contributed by atoms with Crippen LogP contribution >= 0.6 is 0 Å². The van der Waals surface area contributed by atoms with E-state index in [0.717, 1.165) is 24.8 Å². The summed E-state index contributed by atoms with van der Waals surface area (Å²) in [6.07, 6.45) is 4.28. The van der Waals surface area contributed by atoms with Gasteiger partial charge in [-0.3, -0.25) is 14.4 Å². The average molecular weight is 365 g/mol. The molecule has 4 nitrogen and oxygen atoms in total. The zero-order valence-corrected chi connectivity index (χ0v) is 17.2. The van der Waals surface area contributed by atoms with E-state index in [2.05, 4.69) is 6.58 Å². The van der Waals surface area contributed by atoms with Crippen LogP contribution in [0.15, 0.2) is 12.2 Å². The molecule has 148 valence electrons. The lowest BCUT2D eigenvalue weighted by Crippen LogP contribution is -2.30. The number of Topliss-reactive ketones (excluding diaryl/α,β-unsaturated/α-hetero) is 2. The van der Waals surface area contributed by atoms with E-state index in [-0.39, 0.29) is 47.3 Å². The van der Waals surface area contributed by atoms with Crippen LogP contribution in [0.4, 0.5) is 0 Å². The van der Waals surface area contributed by atoms with Gasteiger partial charge in [0.2, 0.25) is 0 Å². The monoisotopic (exact) mass is 364 g/mol. The Morgan fingerprint density at radius 3 is 2.27 bits per heavy atom. The molecule has 0 spiro atoms. The minimum absolute atomic E-state index is 0.0116. The lowest BCUT2D eigenvalue weighted by Gasteiger charge is -2.29. The molecule has 0 radical (unpaired) electrons. The van der Waals surface area contributed by atoms with Crippen LogP contribution in [0.1, 0.15) is 79.6 Å². The minimum atomic E-state index is -0.312. The summed E-state index contributed by atoms with van der Waals surface area (Å²) in [4.78, 5) is 36.4. The zero-order valence-electron chi connectivity index (χ0n) is 17.2. The van der Waals surface area contributed by atoms with Crippen molar-refractivity contribution in [1.82, 2.24) is 0 Å². The third-order valence-electron chi connectivity index (χ3n) is 5.67. The Balaban J connectivity index is 3.00. The summed E-state index contributed by atoms with van der Waals surface area (Å²) in [5.41, 5.74) is 1.04. The fraction of sp³-hybridized carbons (Fsp3) is 0.773. The summed E-state index contributed by atoms with van der Waals surface area (Å²) in [5.74, 6) is 0.569. The topological polar surface area (TPSA) is 60.4 Å². The van der Waals surface area contributed by atoms with Crippen molar-refractivity contribution in [3.8, 4) is 0 Å². The highest BCUT2D eigenvalue weighted by atomic mass is 16.5. The third-order valence-corrected chi connectivity index (χ3v) is 5.67. The van der Waals surface area contributed by atoms with Crippen molar-refractivity contribution >= 4 is 17.5 Å². The second kappa shape index (κ2) is 10.6. The van der Waals surface area contributed by atoms with Crippen LogP contribution in [-0.4, -0.2) is 23.6 Å². The highest BCUT2D eigenvalue weighted by Crippen LogP contribution is 2.30. The van der Waals surface area contributed by atoms with Crippen LogP contribution < -0.4 is 0 Å². The number of hydrogen-bond acceptors (Lipinski definition) is 4. The molecule has 1 saturated carbocycles. The number of carbonyl (C=O) groups excluding carboxylic acids is 3. The predicted molar refractivity (Wildman–Crippen MR) is 104 cm³/mol.